The van der Waals surface area contributed by atoms with Crippen molar-refractivity contribution >= 4 is 5.78 Å². The fourth-order valence-corrected chi connectivity index (χ4v) is 3.55. The van der Waals surface area contributed by atoms with Crippen LogP contribution >= 0.6 is 0 Å². The van der Waals surface area contributed by atoms with Gasteiger partial charge in [-0.25, -0.2) is 0 Å². The van der Waals surface area contributed by atoms with Crippen LogP contribution in [0, 0.1) is 26.7 Å². The third kappa shape index (κ3) is 3.70. The van der Waals surface area contributed by atoms with Crippen LogP contribution in [-0.2, 0) is 0 Å². The lowest BCUT2D eigenvalue weighted by Gasteiger charge is -2.30. The highest BCUT2D eigenvalue weighted by atomic mass is 16.5. The Balaban J connectivity index is 2.06. The van der Waals surface area contributed by atoms with Crippen LogP contribution in [0.15, 0.2) is 6.07 Å². The predicted octanol–water partition coefficient (Wildman–Crippen LogP) is 3.93. The van der Waals surface area contributed by atoms with Crippen molar-refractivity contribution < 1.29 is 9.53 Å². The standard InChI is InChI=1S/C19H29NO2/c1-13-7-6-9-20(12-13)10-8-18(21)17-11-14(2)19(22-5)16(4)15(17)3/h11,13H,6-10,12H2,1-5H3. The molecule has 1 aliphatic heterocycles. The molecule has 1 aromatic rings. The van der Waals surface area contributed by atoms with E-state index >= 15 is 0 Å². The second-order valence-corrected chi connectivity index (χ2v) is 6.75. The van der Waals surface area contributed by atoms with E-state index in [9.17, 15) is 4.79 Å². The van der Waals surface area contributed by atoms with Gasteiger partial charge in [-0.2, -0.15) is 0 Å². The van der Waals surface area contributed by atoms with Gasteiger partial charge in [-0.05, 0) is 68.8 Å². The number of nitrogens with zero attached hydrogens (tertiary/aromatic N) is 1. The molecule has 22 heavy (non-hydrogen) atoms. The quantitative estimate of drug-likeness (QED) is 0.772. The lowest BCUT2D eigenvalue weighted by atomic mass is 9.94. The van der Waals surface area contributed by atoms with Crippen molar-refractivity contribution in [3.63, 3.8) is 0 Å². The third-order valence-electron chi connectivity index (χ3n) is 4.93. The van der Waals surface area contributed by atoms with Crippen molar-refractivity contribution in [2.45, 2.75) is 47.0 Å². The molecule has 1 atom stereocenters. The van der Waals surface area contributed by atoms with Gasteiger partial charge in [0.15, 0.2) is 5.78 Å². The van der Waals surface area contributed by atoms with E-state index in [1.54, 1.807) is 7.11 Å². The summed E-state index contributed by atoms with van der Waals surface area (Å²) in [4.78, 5) is 15.1. The minimum atomic E-state index is 0.254. The van der Waals surface area contributed by atoms with Crippen LogP contribution in [-0.4, -0.2) is 37.4 Å². The summed E-state index contributed by atoms with van der Waals surface area (Å²) >= 11 is 0. The molecule has 3 heteroatoms. The number of methoxy groups -OCH3 is 1. The zero-order valence-corrected chi connectivity index (χ0v) is 14.7. The molecule has 2 rings (SSSR count). The highest BCUT2D eigenvalue weighted by molar-refractivity contribution is 5.98. The Morgan fingerprint density at radius 3 is 2.68 bits per heavy atom. The Hall–Kier alpha value is -1.35. The number of rotatable bonds is 5. The molecule has 3 nitrogen and oxygen atoms in total. The third-order valence-corrected chi connectivity index (χ3v) is 4.93. The average molecular weight is 303 g/mol. The van der Waals surface area contributed by atoms with Gasteiger partial charge in [-0.3, -0.25) is 4.79 Å². The first-order valence-corrected chi connectivity index (χ1v) is 8.34. The monoisotopic (exact) mass is 303 g/mol. The van der Waals surface area contributed by atoms with E-state index in [-0.39, 0.29) is 5.78 Å². The number of ether oxygens (including phenoxy) is 1. The zero-order valence-electron chi connectivity index (χ0n) is 14.7. The van der Waals surface area contributed by atoms with Gasteiger partial charge in [0, 0.05) is 25.1 Å². The average Bonchev–Trinajstić information content (AvgIpc) is 2.49. The van der Waals surface area contributed by atoms with Crippen LogP contribution in [0.25, 0.3) is 0 Å². The molecule has 1 saturated heterocycles. The number of ketones is 1. The summed E-state index contributed by atoms with van der Waals surface area (Å²) in [6.45, 7) is 11.5. The Morgan fingerprint density at radius 1 is 1.32 bits per heavy atom. The number of carbonyl (C=O) groups excluding carboxylic acids is 1. The molecule has 0 aliphatic carbocycles. The maximum atomic E-state index is 12.6. The number of benzene rings is 1. The molecule has 0 saturated carbocycles. The predicted molar refractivity (Wildman–Crippen MR) is 91.0 cm³/mol. The summed E-state index contributed by atoms with van der Waals surface area (Å²) in [5.41, 5.74) is 4.04. The Kier molecular flexibility index (Phi) is 5.63. The number of hydrogen-bond donors (Lipinski definition) is 0. The minimum absolute atomic E-state index is 0.254. The Morgan fingerprint density at radius 2 is 2.05 bits per heavy atom. The van der Waals surface area contributed by atoms with Gasteiger partial charge in [0.1, 0.15) is 5.75 Å². The maximum Gasteiger partial charge on any atom is 0.164 e. The second-order valence-electron chi connectivity index (χ2n) is 6.75. The number of hydrogen-bond acceptors (Lipinski definition) is 3. The van der Waals surface area contributed by atoms with Crippen LogP contribution < -0.4 is 4.74 Å². The first-order valence-electron chi connectivity index (χ1n) is 8.34. The van der Waals surface area contributed by atoms with Crippen LogP contribution in [0.5, 0.6) is 5.75 Å². The van der Waals surface area contributed by atoms with Gasteiger partial charge < -0.3 is 9.64 Å². The molecule has 1 aromatic carbocycles. The first-order chi connectivity index (χ1) is 10.4. The molecule has 1 aliphatic rings. The van der Waals surface area contributed by atoms with E-state index in [1.807, 2.05) is 26.8 Å². The van der Waals surface area contributed by atoms with Gasteiger partial charge in [-0.15, -0.1) is 0 Å². The van der Waals surface area contributed by atoms with Crippen LogP contribution in [0.3, 0.4) is 0 Å². The summed E-state index contributed by atoms with van der Waals surface area (Å²) in [6, 6.07) is 1.99. The molecule has 0 radical (unpaired) electrons. The lowest BCUT2D eigenvalue weighted by Crippen LogP contribution is -2.35. The number of Topliss-reactive ketones (excluding diaryl/α,β-unsaturated/α-hetero) is 1. The molecular formula is C19H29NO2. The first kappa shape index (κ1) is 17.0. The van der Waals surface area contributed by atoms with Crippen molar-refractivity contribution in [2.75, 3.05) is 26.7 Å². The van der Waals surface area contributed by atoms with E-state index < -0.39 is 0 Å². The summed E-state index contributed by atoms with van der Waals surface area (Å²) in [7, 11) is 1.69. The molecule has 0 bridgehead atoms. The van der Waals surface area contributed by atoms with Crippen molar-refractivity contribution in [1.29, 1.82) is 0 Å². The number of carbonyl (C=O) groups is 1. The molecule has 0 N–H and O–H groups in total. The molecule has 1 heterocycles. The normalized spacial score (nSPS) is 19.2. The maximum absolute atomic E-state index is 12.6. The smallest absolute Gasteiger partial charge is 0.164 e. The molecule has 0 amide bonds. The fraction of sp³-hybridized carbons (Fsp3) is 0.632. The van der Waals surface area contributed by atoms with Gasteiger partial charge in [-0.1, -0.05) is 6.92 Å². The fourth-order valence-electron chi connectivity index (χ4n) is 3.55. The van der Waals surface area contributed by atoms with Crippen LogP contribution in [0.4, 0.5) is 0 Å². The number of aryl methyl sites for hydroxylation is 1. The summed E-state index contributed by atoms with van der Waals surface area (Å²) in [6.07, 6.45) is 3.19. The Bertz CT molecular complexity index is 551. The largest absolute Gasteiger partial charge is 0.496 e. The van der Waals surface area contributed by atoms with Crippen molar-refractivity contribution in [1.82, 2.24) is 4.90 Å². The van der Waals surface area contributed by atoms with E-state index in [4.69, 9.17) is 4.74 Å². The molecule has 0 spiro atoms. The van der Waals surface area contributed by atoms with Crippen molar-refractivity contribution in [3.8, 4) is 5.75 Å². The van der Waals surface area contributed by atoms with Crippen molar-refractivity contribution in [3.05, 3.63) is 28.3 Å². The molecule has 1 unspecified atom stereocenters. The van der Waals surface area contributed by atoms with Crippen LogP contribution in [0.2, 0.25) is 0 Å². The molecule has 122 valence electrons. The summed E-state index contributed by atoms with van der Waals surface area (Å²) in [5, 5.41) is 0. The van der Waals surface area contributed by atoms with Gasteiger partial charge in [0.25, 0.3) is 0 Å². The molecule has 1 fully saturated rings. The zero-order chi connectivity index (χ0) is 16.3. The van der Waals surface area contributed by atoms with E-state index in [0.717, 1.165) is 53.6 Å². The van der Waals surface area contributed by atoms with E-state index in [0.29, 0.717) is 6.42 Å². The molecular weight excluding hydrogens is 274 g/mol. The van der Waals surface area contributed by atoms with Gasteiger partial charge in [0.2, 0.25) is 0 Å². The molecule has 0 aromatic heterocycles. The summed E-state index contributed by atoms with van der Waals surface area (Å²) in [5.74, 6) is 1.92. The van der Waals surface area contributed by atoms with E-state index in [2.05, 4.69) is 11.8 Å². The van der Waals surface area contributed by atoms with E-state index in [1.165, 1.54) is 12.8 Å². The van der Waals surface area contributed by atoms with Crippen molar-refractivity contribution in [2.24, 2.45) is 5.92 Å². The topological polar surface area (TPSA) is 29.5 Å². The highest BCUT2D eigenvalue weighted by Gasteiger charge is 2.19. The minimum Gasteiger partial charge on any atom is -0.496 e. The SMILES string of the molecule is COc1c(C)cc(C(=O)CCN2CCCC(C)C2)c(C)c1C. The lowest BCUT2D eigenvalue weighted by molar-refractivity contribution is 0.0948. The van der Waals surface area contributed by atoms with Crippen LogP contribution in [0.1, 0.15) is 53.2 Å². The number of likely N-dealkylation sites (tertiary alicyclic amines) is 1. The van der Waals surface area contributed by atoms with Gasteiger partial charge in [0.05, 0.1) is 7.11 Å². The Labute approximate surface area is 134 Å². The highest BCUT2D eigenvalue weighted by Crippen LogP contribution is 2.29. The second kappa shape index (κ2) is 7.28. The van der Waals surface area contributed by atoms with Gasteiger partial charge >= 0.3 is 0 Å². The summed E-state index contributed by atoms with van der Waals surface area (Å²) < 4.78 is 5.44. The number of piperidine rings is 1.